The molecule has 2 aromatic carbocycles. The largest absolute Gasteiger partial charge is 0.321 e. The highest BCUT2D eigenvalue weighted by atomic mass is 15.2. The van der Waals surface area contributed by atoms with Crippen LogP contribution in [0.5, 0.6) is 0 Å². The topological polar surface area (TPSA) is 50.9 Å². The summed E-state index contributed by atoms with van der Waals surface area (Å²) in [6.07, 6.45) is 0. The minimum Gasteiger partial charge on any atom is -0.321 e. The molecule has 2 aromatic rings. The van der Waals surface area contributed by atoms with Crippen LogP contribution in [0.25, 0.3) is 0 Å². The number of aryl methyl sites for hydroxylation is 1. The zero-order chi connectivity index (χ0) is 13.4. The van der Waals surface area contributed by atoms with E-state index in [9.17, 15) is 5.26 Å². The van der Waals surface area contributed by atoms with Crippen molar-refractivity contribution in [1.82, 2.24) is 0 Å². The second kappa shape index (κ2) is 4.25. The number of anilines is 1. The van der Waals surface area contributed by atoms with E-state index in [4.69, 9.17) is 5.41 Å². The molecule has 92 valence electrons. The summed E-state index contributed by atoms with van der Waals surface area (Å²) in [6, 6.07) is 15.9. The monoisotopic (exact) mass is 247 g/mol. The van der Waals surface area contributed by atoms with Crippen LogP contribution < -0.4 is 4.90 Å². The van der Waals surface area contributed by atoms with Gasteiger partial charge in [0.15, 0.2) is 0 Å². The van der Waals surface area contributed by atoms with Crippen molar-refractivity contribution in [2.45, 2.75) is 13.5 Å². The van der Waals surface area contributed by atoms with E-state index < -0.39 is 0 Å². The fourth-order valence-corrected chi connectivity index (χ4v) is 2.51. The molecule has 0 saturated heterocycles. The van der Waals surface area contributed by atoms with Crippen LogP contribution in [0.15, 0.2) is 42.5 Å². The van der Waals surface area contributed by atoms with Crippen LogP contribution in [0.3, 0.4) is 0 Å². The maximum atomic E-state index is 9.32. The maximum absolute atomic E-state index is 9.32. The number of hydrogen-bond acceptors (Lipinski definition) is 2. The van der Waals surface area contributed by atoms with E-state index in [-0.39, 0.29) is 0 Å². The second-order valence-electron chi connectivity index (χ2n) is 4.67. The van der Waals surface area contributed by atoms with Crippen LogP contribution in [0.1, 0.15) is 22.3 Å². The Kier molecular flexibility index (Phi) is 2.57. The van der Waals surface area contributed by atoms with Crippen molar-refractivity contribution >= 4 is 11.5 Å². The number of nitrogens with zero attached hydrogens (tertiary/aromatic N) is 2. The van der Waals surface area contributed by atoms with Gasteiger partial charge in [0.05, 0.1) is 17.8 Å². The lowest BCUT2D eigenvalue weighted by Gasteiger charge is -2.20. The molecule has 1 aliphatic rings. The summed E-state index contributed by atoms with van der Waals surface area (Å²) in [6.45, 7) is 2.59. The molecule has 1 N–H and O–H groups in total. The van der Waals surface area contributed by atoms with Crippen LogP contribution in [0, 0.1) is 23.7 Å². The predicted molar refractivity (Wildman–Crippen MR) is 75.3 cm³/mol. The quantitative estimate of drug-likeness (QED) is 0.841. The summed E-state index contributed by atoms with van der Waals surface area (Å²) in [4.78, 5) is 1.90. The van der Waals surface area contributed by atoms with Gasteiger partial charge in [-0.1, -0.05) is 36.4 Å². The number of hydrogen-bond donors (Lipinski definition) is 1. The van der Waals surface area contributed by atoms with Crippen LogP contribution in [-0.4, -0.2) is 5.84 Å². The van der Waals surface area contributed by atoms with Gasteiger partial charge in [-0.15, -0.1) is 0 Å². The maximum Gasteiger partial charge on any atom is 0.133 e. The van der Waals surface area contributed by atoms with Crippen molar-refractivity contribution in [2.75, 3.05) is 4.90 Å². The Morgan fingerprint density at radius 1 is 1.16 bits per heavy atom. The van der Waals surface area contributed by atoms with Crippen molar-refractivity contribution in [3.8, 4) is 6.07 Å². The first kappa shape index (κ1) is 11.5. The van der Waals surface area contributed by atoms with Crippen LogP contribution in [-0.2, 0) is 6.54 Å². The SMILES string of the molecule is Cc1cccc(N2Cc3ccccc3C2=N)c1C#N. The number of rotatable bonds is 1. The van der Waals surface area contributed by atoms with Gasteiger partial charge in [0.2, 0.25) is 0 Å². The van der Waals surface area contributed by atoms with Gasteiger partial charge in [0, 0.05) is 5.56 Å². The van der Waals surface area contributed by atoms with E-state index in [1.165, 1.54) is 0 Å². The molecule has 0 aromatic heterocycles. The molecule has 0 amide bonds. The highest BCUT2D eigenvalue weighted by molar-refractivity contribution is 6.12. The van der Waals surface area contributed by atoms with Gasteiger partial charge in [-0.25, -0.2) is 0 Å². The lowest BCUT2D eigenvalue weighted by Crippen LogP contribution is -2.24. The standard InChI is InChI=1S/C16H13N3/c1-11-5-4-8-15(14(11)9-17)19-10-12-6-2-3-7-13(12)16(19)18/h2-8,18H,10H2,1H3. The van der Waals surface area contributed by atoms with Gasteiger partial charge in [-0.3, -0.25) is 5.41 Å². The third-order valence-electron chi connectivity index (χ3n) is 3.52. The Morgan fingerprint density at radius 3 is 2.68 bits per heavy atom. The van der Waals surface area contributed by atoms with Crippen molar-refractivity contribution in [3.05, 3.63) is 64.7 Å². The Balaban J connectivity index is 2.10. The second-order valence-corrected chi connectivity index (χ2v) is 4.67. The lowest BCUT2D eigenvalue weighted by molar-refractivity contribution is 1.04. The van der Waals surface area contributed by atoms with Crippen molar-refractivity contribution < 1.29 is 0 Å². The van der Waals surface area contributed by atoms with Crippen LogP contribution in [0.2, 0.25) is 0 Å². The Labute approximate surface area is 112 Å². The molecule has 0 spiro atoms. The predicted octanol–water partition coefficient (Wildman–Crippen LogP) is 3.21. The van der Waals surface area contributed by atoms with Gasteiger partial charge in [-0.2, -0.15) is 5.26 Å². The van der Waals surface area contributed by atoms with E-state index in [1.807, 2.05) is 54.3 Å². The first-order chi connectivity index (χ1) is 9.22. The molecule has 1 aliphatic heterocycles. The summed E-state index contributed by atoms with van der Waals surface area (Å²) < 4.78 is 0. The Bertz CT molecular complexity index is 710. The summed E-state index contributed by atoms with van der Waals surface area (Å²) in [5.74, 6) is 0.470. The minimum atomic E-state index is 0.470. The van der Waals surface area contributed by atoms with Gasteiger partial charge < -0.3 is 4.90 Å². The highest BCUT2D eigenvalue weighted by Gasteiger charge is 2.26. The zero-order valence-corrected chi connectivity index (χ0v) is 10.6. The number of fused-ring (bicyclic) bond motifs is 1. The summed E-state index contributed by atoms with van der Waals surface area (Å²) in [5, 5.41) is 17.6. The molecule has 0 aliphatic carbocycles. The minimum absolute atomic E-state index is 0.470. The fourth-order valence-electron chi connectivity index (χ4n) is 2.51. The third kappa shape index (κ3) is 1.69. The molecule has 3 heteroatoms. The average Bonchev–Trinajstić information content (AvgIpc) is 2.76. The zero-order valence-electron chi connectivity index (χ0n) is 10.6. The molecule has 0 bridgehead atoms. The van der Waals surface area contributed by atoms with Gasteiger partial charge >= 0.3 is 0 Å². The van der Waals surface area contributed by atoms with E-state index in [1.54, 1.807) is 0 Å². The molecule has 0 fully saturated rings. The van der Waals surface area contributed by atoms with E-state index in [0.29, 0.717) is 17.9 Å². The van der Waals surface area contributed by atoms with Gasteiger partial charge in [0.1, 0.15) is 11.9 Å². The molecular formula is C16H13N3. The van der Waals surface area contributed by atoms with E-state index in [2.05, 4.69) is 6.07 Å². The first-order valence-corrected chi connectivity index (χ1v) is 6.16. The van der Waals surface area contributed by atoms with E-state index >= 15 is 0 Å². The summed E-state index contributed by atoms with van der Waals surface area (Å²) >= 11 is 0. The van der Waals surface area contributed by atoms with Crippen LogP contribution in [0.4, 0.5) is 5.69 Å². The highest BCUT2D eigenvalue weighted by Crippen LogP contribution is 2.31. The fraction of sp³-hybridized carbons (Fsp3) is 0.125. The van der Waals surface area contributed by atoms with Crippen molar-refractivity contribution in [3.63, 3.8) is 0 Å². The Morgan fingerprint density at radius 2 is 1.95 bits per heavy atom. The molecule has 19 heavy (non-hydrogen) atoms. The number of nitrogens with one attached hydrogen (secondary N) is 1. The third-order valence-corrected chi connectivity index (χ3v) is 3.52. The molecule has 3 rings (SSSR count). The number of amidine groups is 1. The molecule has 0 unspecified atom stereocenters. The van der Waals surface area contributed by atoms with Crippen molar-refractivity contribution in [2.24, 2.45) is 0 Å². The smallest absolute Gasteiger partial charge is 0.133 e. The van der Waals surface area contributed by atoms with Crippen molar-refractivity contribution in [1.29, 1.82) is 10.7 Å². The van der Waals surface area contributed by atoms with Gasteiger partial charge in [0.25, 0.3) is 0 Å². The molecular weight excluding hydrogens is 234 g/mol. The number of benzene rings is 2. The Hall–Kier alpha value is -2.60. The molecule has 1 heterocycles. The van der Waals surface area contributed by atoms with Gasteiger partial charge in [-0.05, 0) is 24.1 Å². The molecule has 0 saturated carbocycles. The van der Waals surface area contributed by atoms with E-state index in [0.717, 1.165) is 22.4 Å². The summed E-state index contributed by atoms with van der Waals surface area (Å²) in [7, 11) is 0. The molecule has 3 nitrogen and oxygen atoms in total. The normalized spacial score (nSPS) is 13.3. The lowest BCUT2D eigenvalue weighted by atomic mass is 10.1. The molecule has 0 atom stereocenters. The summed E-state index contributed by atoms with van der Waals surface area (Å²) in [5.41, 5.74) is 4.51. The average molecular weight is 247 g/mol. The molecule has 0 radical (unpaired) electrons. The first-order valence-electron chi connectivity index (χ1n) is 6.16. The number of nitriles is 1. The van der Waals surface area contributed by atoms with Crippen LogP contribution >= 0.6 is 0 Å².